The van der Waals surface area contributed by atoms with Crippen LogP contribution < -0.4 is 5.32 Å². The molecule has 2 N–H and O–H groups in total. The van der Waals surface area contributed by atoms with Crippen LogP contribution in [0.1, 0.15) is 45.7 Å². The molecule has 102 valence electrons. The molecule has 0 amide bonds. The molecule has 0 spiro atoms. The second kappa shape index (κ2) is 6.35. The van der Waals surface area contributed by atoms with Gasteiger partial charge in [-0.25, -0.2) is 0 Å². The first-order valence-corrected chi connectivity index (χ1v) is 6.78. The second-order valence-electron chi connectivity index (χ2n) is 6.36. The Morgan fingerprint density at radius 3 is 2.06 bits per heavy atom. The molecular weight excluding hydrogens is 222 g/mol. The van der Waals surface area contributed by atoms with Gasteiger partial charge >= 0.3 is 0 Å². The SMILES string of the molecule is CC(C)C(CO)NCc1ccc(C(C)(C)C)cc1. The van der Waals surface area contributed by atoms with Crippen molar-refractivity contribution in [2.24, 2.45) is 5.92 Å². The van der Waals surface area contributed by atoms with Crippen molar-refractivity contribution in [3.63, 3.8) is 0 Å². The zero-order valence-corrected chi connectivity index (χ0v) is 12.3. The van der Waals surface area contributed by atoms with Crippen molar-refractivity contribution in [3.8, 4) is 0 Å². The largest absolute Gasteiger partial charge is 0.395 e. The normalized spacial score (nSPS) is 13.9. The summed E-state index contributed by atoms with van der Waals surface area (Å²) in [6, 6.07) is 8.90. The molecule has 0 bridgehead atoms. The summed E-state index contributed by atoms with van der Waals surface area (Å²) >= 11 is 0. The Labute approximate surface area is 111 Å². The van der Waals surface area contributed by atoms with E-state index in [1.165, 1.54) is 11.1 Å². The molecule has 0 aliphatic heterocycles. The van der Waals surface area contributed by atoms with E-state index in [1.807, 2.05) is 0 Å². The third-order valence-corrected chi connectivity index (χ3v) is 3.39. The molecule has 1 atom stereocenters. The van der Waals surface area contributed by atoms with Crippen LogP contribution in [0.2, 0.25) is 0 Å². The van der Waals surface area contributed by atoms with Gasteiger partial charge in [-0.15, -0.1) is 0 Å². The Balaban J connectivity index is 2.59. The van der Waals surface area contributed by atoms with Gasteiger partial charge in [-0.3, -0.25) is 0 Å². The molecule has 0 heterocycles. The lowest BCUT2D eigenvalue weighted by Crippen LogP contribution is -2.36. The first-order valence-electron chi connectivity index (χ1n) is 6.78. The van der Waals surface area contributed by atoms with Crippen molar-refractivity contribution < 1.29 is 5.11 Å². The summed E-state index contributed by atoms with van der Waals surface area (Å²) in [7, 11) is 0. The Morgan fingerprint density at radius 1 is 1.11 bits per heavy atom. The highest BCUT2D eigenvalue weighted by Gasteiger charge is 2.14. The summed E-state index contributed by atoms with van der Waals surface area (Å²) in [6.45, 7) is 11.9. The fourth-order valence-electron chi connectivity index (χ4n) is 1.88. The molecule has 2 nitrogen and oxygen atoms in total. The van der Waals surface area contributed by atoms with Crippen LogP contribution in [0.5, 0.6) is 0 Å². The first kappa shape index (κ1) is 15.2. The summed E-state index contributed by atoms with van der Waals surface area (Å²) < 4.78 is 0. The fourth-order valence-corrected chi connectivity index (χ4v) is 1.88. The van der Waals surface area contributed by atoms with Crippen molar-refractivity contribution >= 4 is 0 Å². The highest BCUT2D eigenvalue weighted by Crippen LogP contribution is 2.22. The maximum absolute atomic E-state index is 9.26. The Hall–Kier alpha value is -0.860. The van der Waals surface area contributed by atoms with Crippen molar-refractivity contribution in [1.29, 1.82) is 0 Å². The first-order chi connectivity index (χ1) is 8.34. The van der Waals surface area contributed by atoms with Crippen LogP contribution >= 0.6 is 0 Å². The highest BCUT2D eigenvalue weighted by molar-refractivity contribution is 5.27. The van der Waals surface area contributed by atoms with Gasteiger partial charge in [0.25, 0.3) is 0 Å². The van der Waals surface area contributed by atoms with Crippen molar-refractivity contribution in [3.05, 3.63) is 35.4 Å². The summed E-state index contributed by atoms with van der Waals surface area (Å²) in [5.41, 5.74) is 2.83. The lowest BCUT2D eigenvalue weighted by Gasteiger charge is -2.21. The summed E-state index contributed by atoms with van der Waals surface area (Å²) in [5, 5.41) is 12.7. The van der Waals surface area contributed by atoms with E-state index in [0.29, 0.717) is 5.92 Å². The number of aliphatic hydroxyl groups is 1. The minimum absolute atomic E-state index is 0.173. The van der Waals surface area contributed by atoms with E-state index >= 15 is 0 Å². The molecule has 0 aliphatic carbocycles. The lowest BCUT2D eigenvalue weighted by atomic mass is 9.87. The van der Waals surface area contributed by atoms with Crippen LogP contribution in [0.4, 0.5) is 0 Å². The van der Waals surface area contributed by atoms with E-state index in [4.69, 9.17) is 0 Å². The highest BCUT2D eigenvalue weighted by atomic mass is 16.3. The predicted molar refractivity (Wildman–Crippen MR) is 77.7 cm³/mol. The number of rotatable bonds is 5. The van der Waals surface area contributed by atoms with Gasteiger partial charge in [0.2, 0.25) is 0 Å². The molecule has 1 rings (SSSR count). The van der Waals surface area contributed by atoms with Gasteiger partial charge in [0.1, 0.15) is 0 Å². The molecule has 0 fully saturated rings. The van der Waals surface area contributed by atoms with Gasteiger partial charge in [-0.2, -0.15) is 0 Å². The quantitative estimate of drug-likeness (QED) is 0.840. The van der Waals surface area contributed by atoms with Crippen molar-refractivity contribution in [2.75, 3.05) is 6.61 Å². The number of hydrogen-bond acceptors (Lipinski definition) is 2. The van der Waals surface area contributed by atoms with E-state index in [0.717, 1.165) is 6.54 Å². The van der Waals surface area contributed by atoms with Crippen LogP contribution in [0.3, 0.4) is 0 Å². The van der Waals surface area contributed by atoms with Gasteiger partial charge in [0.15, 0.2) is 0 Å². The standard InChI is InChI=1S/C16H27NO/c1-12(2)15(11-18)17-10-13-6-8-14(9-7-13)16(3,4)5/h6-9,12,15,17-18H,10-11H2,1-5H3. The minimum atomic E-state index is 0.173. The number of benzene rings is 1. The third-order valence-electron chi connectivity index (χ3n) is 3.39. The molecule has 0 radical (unpaired) electrons. The fraction of sp³-hybridized carbons (Fsp3) is 0.625. The molecule has 0 aliphatic rings. The molecule has 1 aromatic carbocycles. The third kappa shape index (κ3) is 4.43. The molecule has 1 unspecified atom stereocenters. The average Bonchev–Trinajstić information content (AvgIpc) is 2.29. The Kier molecular flexibility index (Phi) is 5.36. The summed E-state index contributed by atoms with van der Waals surface area (Å²) in [5.74, 6) is 0.448. The molecule has 0 aromatic heterocycles. The van der Waals surface area contributed by atoms with Crippen LogP contribution in [0, 0.1) is 5.92 Å². The molecule has 2 heteroatoms. The smallest absolute Gasteiger partial charge is 0.0587 e. The molecule has 1 aromatic rings. The maximum Gasteiger partial charge on any atom is 0.0587 e. The summed E-state index contributed by atoms with van der Waals surface area (Å²) in [6.07, 6.45) is 0. The topological polar surface area (TPSA) is 32.3 Å². The monoisotopic (exact) mass is 249 g/mol. The van der Waals surface area contributed by atoms with E-state index in [1.54, 1.807) is 0 Å². The van der Waals surface area contributed by atoms with Crippen molar-refractivity contribution in [1.82, 2.24) is 5.32 Å². The van der Waals surface area contributed by atoms with Crippen LogP contribution in [-0.4, -0.2) is 17.8 Å². The maximum atomic E-state index is 9.26. The van der Waals surface area contributed by atoms with Gasteiger partial charge in [0.05, 0.1) is 6.61 Å². The average molecular weight is 249 g/mol. The zero-order valence-electron chi connectivity index (χ0n) is 12.3. The van der Waals surface area contributed by atoms with Gasteiger partial charge in [-0.05, 0) is 22.5 Å². The molecular formula is C16H27NO. The van der Waals surface area contributed by atoms with Crippen LogP contribution in [0.15, 0.2) is 24.3 Å². The number of aliphatic hydroxyl groups excluding tert-OH is 1. The van der Waals surface area contributed by atoms with Gasteiger partial charge in [-0.1, -0.05) is 58.9 Å². The summed E-state index contributed by atoms with van der Waals surface area (Å²) in [4.78, 5) is 0. The van der Waals surface area contributed by atoms with Crippen molar-refractivity contribution in [2.45, 2.75) is 52.6 Å². The lowest BCUT2D eigenvalue weighted by molar-refractivity contribution is 0.210. The Morgan fingerprint density at radius 2 is 1.67 bits per heavy atom. The minimum Gasteiger partial charge on any atom is -0.395 e. The predicted octanol–water partition coefficient (Wildman–Crippen LogP) is 3.09. The van der Waals surface area contributed by atoms with E-state index in [9.17, 15) is 5.11 Å². The Bertz CT molecular complexity index is 348. The van der Waals surface area contributed by atoms with Gasteiger partial charge in [0, 0.05) is 12.6 Å². The molecule has 0 saturated carbocycles. The molecule has 0 saturated heterocycles. The second-order valence-corrected chi connectivity index (χ2v) is 6.36. The van der Waals surface area contributed by atoms with Gasteiger partial charge < -0.3 is 10.4 Å². The van der Waals surface area contributed by atoms with Crippen LogP contribution in [0.25, 0.3) is 0 Å². The zero-order chi connectivity index (χ0) is 13.8. The van der Waals surface area contributed by atoms with Crippen LogP contribution in [-0.2, 0) is 12.0 Å². The van der Waals surface area contributed by atoms with E-state index in [-0.39, 0.29) is 18.1 Å². The number of nitrogens with one attached hydrogen (secondary N) is 1. The van der Waals surface area contributed by atoms with E-state index < -0.39 is 0 Å². The number of hydrogen-bond donors (Lipinski definition) is 2. The van der Waals surface area contributed by atoms with E-state index in [2.05, 4.69) is 64.2 Å². The molecule has 18 heavy (non-hydrogen) atoms.